The summed E-state index contributed by atoms with van der Waals surface area (Å²) in [6.07, 6.45) is -0.680. The summed E-state index contributed by atoms with van der Waals surface area (Å²) >= 11 is 0. The van der Waals surface area contributed by atoms with Gasteiger partial charge in [-0.05, 0) is 10.6 Å². The molecule has 3 atom stereocenters. The van der Waals surface area contributed by atoms with Crippen LogP contribution in [-0.2, 0) is 4.74 Å². The fourth-order valence-corrected chi connectivity index (χ4v) is 2.32. The van der Waals surface area contributed by atoms with Gasteiger partial charge in [-0.1, -0.05) is 0 Å². The van der Waals surface area contributed by atoms with E-state index in [9.17, 15) is 5.11 Å². The Hall–Kier alpha value is -2.46. The SMILES string of the molecule is [N-]=[N+]=Nc1nn([C@H]2C[C@H](O)[C@@H](CO)O2)c2ncnc(N)c12. The van der Waals surface area contributed by atoms with E-state index in [1.54, 1.807) is 0 Å². The van der Waals surface area contributed by atoms with E-state index in [0.29, 0.717) is 11.0 Å². The van der Waals surface area contributed by atoms with E-state index in [1.807, 2.05) is 0 Å². The van der Waals surface area contributed by atoms with Gasteiger partial charge in [-0.15, -0.1) is 0 Å². The molecule has 1 aliphatic rings. The van der Waals surface area contributed by atoms with Crippen LogP contribution in [0.2, 0.25) is 0 Å². The van der Waals surface area contributed by atoms with E-state index in [-0.39, 0.29) is 24.7 Å². The Bertz CT molecular complexity index is 724. The first kappa shape index (κ1) is 13.5. The molecule has 21 heavy (non-hydrogen) atoms. The molecule has 0 spiro atoms. The number of aliphatic hydroxyl groups excluding tert-OH is 2. The number of aromatic nitrogens is 4. The summed E-state index contributed by atoms with van der Waals surface area (Å²) in [5.41, 5.74) is 14.7. The molecule has 0 bridgehead atoms. The van der Waals surface area contributed by atoms with Gasteiger partial charge in [0.25, 0.3) is 0 Å². The van der Waals surface area contributed by atoms with Gasteiger partial charge in [0.05, 0.1) is 18.1 Å². The number of nitrogens with two attached hydrogens (primary N) is 1. The first-order chi connectivity index (χ1) is 10.2. The first-order valence-electron chi connectivity index (χ1n) is 6.14. The maximum atomic E-state index is 9.79. The van der Waals surface area contributed by atoms with Gasteiger partial charge in [0.2, 0.25) is 0 Å². The van der Waals surface area contributed by atoms with Gasteiger partial charge in [0.15, 0.2) is 17.7 Å². The molecule has 0 saturated carbocycles. The number of hydrogen-bond acceptors (Lipinski definition) is 8. The number of anilines is 1. The van der Waals surface area contributed by atoms with Crippen LogP contribution in [0.3, 0.4) is 0 Å². The molecule has 11 nitrogen and oxygen atoms in total. The van der Waals surface area contributed by atoms with Crippen molar-refractivity contribution in [3.05, 3.63) is 16.8 Å². The number of rotatable bonds is 3. The van der Waals surface area contributed by atoms with Crippen molar-refractivity contribution in [1.29, 1.82) is 0 Å². The molecule has 2 aromatic rings. The molecule has 1 aliphatic heterocycles. The predicted molar refractivity (Wildman–Crippen MR) is 70.2 cm³/mol. The molecule has 11 heteroatoms. The molecule has 1 fully saturated rings. The number of fused-ring (bicyclic) bond motifs is 1. The number of hydrogen-bond donors (Lipinski definition) is 3. The topological polar surface area (TPSA) is 168 Å². The van der Waals surface area contributed by atoms with Crippen molar-refractivity contribution in [1.82, 2.24) is 19.7 Å². The van der Waals surface area contributed by atoms with E-state index in [4.69, 9.17) is 21.1 Å². The lowest BCUT2D eigenvalue weighted by atomic mass is 10.2. The Morgan fingerprint density at radius 3 is 3.05 bits per heavy atom. The number of azide groups is 1. The van der Waals surface area contributed by atoms with Crippen LogP contribution in [0, 0.1) is 0 Å². The second kappa shape index (κ2) is 5.14. The van der Waals surface area contributed by atoms with Gasteiger partial charge in [-0.2, -0.15) is 5.10 Å². The second-order valence-electron chi connectivity index (χ2n) is 4.53. The smallest absolute Gasteiger partial charge is 0.166 e. The van der Waals surface area contributed by atoms with Crippen LogP contribution in [0.1, 0.15) is 12.6 Å². The normalized spacial score (nSPS) is 25.1. The maximum absolute atomic E-state index is 9.79. The molecule has 0 amide bonds. The molecule has 4 N–H and O–H groups in total. The van der Waals surface area contributed by atoms with E-state index >= 15 is 0 Å². The van der Waals surface area contributed by atoms with Gasteiger partial charge >= 0.3 is 0 Å². The third-order valence-corrected chi connectivity index (χ3v) is 3.30. The minimum absolute atomic E-state index is 0.0381. The highest BCUT2D eigenvalue weighted by Gasteiger charge is 2.36. The van der Waals surface area contributed by atoms with E-state index in [2.05, 4.69) is 25.1 Å². The summed E-state index contributed by atoms with van der Waals surface area (Å²) in [5.74, 6) is 0.169. The van der Waals surface area contributed by atoms with Crippen LogP contribution >= 0.6 is 0 Å². The Morgan fingerprint density at radius 1 is 1.57 bits per heavy atom. The standard InChI is InChI=1S/C10H12N8O3/c11-8-7-9(15-17-12)16-18(10(7)14-3-13-8)6-1-4(20)5(2-19)21-6/h3-6,19-20H,1-2H2,(H2,11,13,14)/t4-,5+,6+/m0/s1. The second-order valence-corrected chi connectivity index (χ2v) is 4.53. The van der Waals surface area contributed by atoms with Crippen molar-refractivity contribution in [2.24, 2.45) is 5.11 Å². The molecule has 3 rings (SSSR count). The molecule has 0 aromatic carbocycles. The molecular weight excluding hydrogens is 280 g/mol. The summed E-state index contributed by atoms with van der Waals surface area (Å²) in [6.45, 7) is -0.308. The molecule has 2 aromatic heterocycles. The monoisotopic (exact) mass is 292 g/mol. The first-order valence-corrected chi connectivity index (χ1v) is 6.14. The number of aliphatic hydroxyl groups is 2. The number of ether oxygens (including phenoxy) is 1. The van der Waals surface area contributed by atoms with E-state index in [1.165, 1.54) is 11.0 Å². The summed E-state index contributed by atoms with van der Waals surface area (Å²) in [6, 6.07) is 0. The van der Waals surface area contributed by atoms with Crippen molar-refractivity contribution in [2.75, 3.05) is 12.3 Å². The third-order valence-electron chi connectivity index (χ3n) is 3.30. The van der Waals surface area contributed by atoms with Crippen LogP contribution in [0.15, 0.2) is 11.4 Å². The van der Waals surface area contributed by atoms with Crippen LogP contribution in [0.4, 0.5) is 11.6 Å². The average Bonchev–Trinajstić information content (AvgIpc) is 3.01. The zero-order chi connectivity index (χ0) is 15.0. The highest BCUT2D eigenvalue weighted by Crippen LogP contribution is 2.34. The Morgan fingerprint density at radius 2 is 2.38 bits per heavy atom. The lowest BCUT2D eigenvalue weighted by Crippen LogP contribution is -2.24. The molecule has 3 heterocycles. The highest BCUT2D eigenvalue weighted by molar-refractivity contribution is 5.94. The molecule has 0 aliphatic carbocycles. The molecule has 1 saturated heterocycles. The van der Waals surface area contributed by atoms with Gasteiger partial charge in [0.1, 0.15) is 18.2 Å². The summed E-state index contributed by atoms with van der Waals surface area (Å²) < 4.78 is 6.88. The lowest BCUT2D eigenvalue weighted by Gasteiger charge is -2.12. The van der Waals surface area contributed by atoms with Crippen LogP contribution in [-0.4, -0.2) is 48.8 Å². The van der Waals surface area contributed by atoms with Crippen molar-refractivity contribution in [3.8, 4) is 0 Å². The number of nitrogen functional groups attached to an aromatic ring is 1. The molecular formula is C10H12N8O3. The third kappa shape index (κ3) is 2.14. The van der Waals surface area contributed by atoms with Crippen molar-refractivity contribution in [3.63, 3.8) is 0 Å². The van der Waals surface area contributed by atoms with Crippen molar-refractivity contribution < 1.29 is 14.9 Å². The molecule has 110 valence electrons. The van der Waals surface area contributed by atoms with Gasteiger partial charge in [-0.3, -0.25) is 0 Å². The molecule has 0 radical (unpaired) electrons. The predicted octanol–water partition coefficient (Wildman–Crippen LogP) is -0.00900. The fraction of sp³-hybridized carbons (Fsp3) is 0.500. The van der Waals surface area contributed by atoms with Gasteiger partial charge < -0.3 is 20.7 Å². The van der Waals surface area contributed by atoms with E-state index < -0.39 is 18.4 Å². The highest BCUT2D eigenvalue weighted by atomic mass is 16.5. The van der Waals surface area contributed by atoms with Crippen LogP contribution in [0.25, 0.3) is 21.5 Å². The van der Waals surface area contributed by atoms with Crippen molar-refractivity contribution in [2.45, 2.75) is 24.9 Å². The maximum Gasteiger partial charge on any atom is 0.166 e. The Kier molecular flexibility index (Phi) is 3.31. The quantitative estimate of drug-likeness (QED) is 0.406. The Balaban J connectivity index is 2.12. The molecule has 0 unspecified atom stereocenters. The minimum atomic E-state index is -0.818. The van der Waals surface area contributed by atoms with Crippen molar-refractivity contribution >= 4 is 22.7 Å². The summed E-state index contributed by atoms with van der Waals surface area (Å²) in [4.78, 5) is 10.6. The largest absolute Gasteiger partial charge is 0.394 e. The zero-order valence-corrected chi connectivity index (χ0v) is 10.7. The van der Waals surface area contributed by atoms with Crippen LogP contribution < -0.4 is 5.73 Å². The van der Waals surface area contributed by atoms with Gasteiger partial charge in [0, 0.05) is 11.3 Å². The number of nitrogens with zero attached hydrogens (tertiary/aromatic N) is 7. The van der Waals surface area contributed by atoms with E-state index in [0.717, 1.165) is 0 Å². The minimum Gasteiger partial charge on any atom is -0.394 e. The average molecular weight is 292 g/mol. The van der Waals surface area contributed by atoms with Crippen LogP contribution in [0.5, 0.6) is 0 Å². The fourth-order valence-electron chi connectivity index (χ4n) is 2.32. The zero-order valence-electron chi connectivity index (χ0n) is 10.7. The summed E-state index contributed by atoms with van der Waals surface area (Å²) in [7, 11) is 0. The lowest BCUT2D eigenvalue weighted by molar-refractivity contribution is -0.0469. The summed E-state index contributed by atoms with van der Waals surface area (Å²) in [5, 5.41) is 26.8. The Labute approximate surface area is 117 Å². The van der Waals surface area contributed by atoms with Gasteiger partial charge in [-0.25, -0.2) is 14.6 Å².